The molecule has 2 fully saturated rings. The van der Waals surface area contributed by atoms with Gasteiger partial charge in [0, 0.05) is 38.1 Å². The predicted molar refractivity (Wildman–Crippen MR) is 114 cm³/mol. The second-order valence-corrected chi connectivity index (χ2v) is 8.99. The quantitative estimate of drug-likeness (QED) is 0.683. The zero-order chi connectivity index (χ0) is 18.8. The highest BCUT2D eigenvalue weighted by Crippen LogP contribution is 2.45. The van der Waals surface area contributed by atoms with E-state index in [4.69, 9.17) is 9.47 Å². The second kappa shape index (κ2) is 8.54. The highest BCUT2D eigenvalue weighted by Gasteiger charge is 2.36. The number of thiophene rings is 1. The molecular weight excluding hydrogens is 368 g/mol. The van der Waals surface area contributed by atoms with Crippen LogP contribution >= 0.6 is 11.3 Å². The van der Waals surface area contributed by atoms with Gasteiger partial charge in [-0.05, 0) is 71.5 Å². The van der Waals surface area contributed by atoms with Crippen LogP contribution in [-0.4, -0.2) is 62.3 Å². The van der Waals surface area contributed by atoms with Crippen molar-refractivity contribution in [3.8, 4) is 5.75 Å². The van der Waals surface area contributed by atoms with E-state index in [1.54, 1.807) is 11.3 Å². The van der Waals surface area contributed by atoms with E-state index in [9.17, 15) is 0 Å². The molecule has 1 aromatic heterocycles. The van der Waals surface area contributed by atoms with E-state index in [1.165, 1.54) is 36.1 Å². The van der Waals surface area contributed by atoms with E-state index < -0.39 is 0 Å². The molecule has 5 rings (SSSR count). The van der Waals surface area contributed by atoms with Crippen LogP contribution < -0.4 is 4.74 Å². The van der Waals surface area contributed by atoms with E-state index >= 15 is 0 Å². The summed E-state index contributed by atoms with van der Waals surface area (Å²) < 4.78 is 11.6. The summed E-state index contributed by atoms with van der Waals surface area (Å²) in [4.78, 5) is 5.16. The van der Waals surface area contributed by atoms with Gasteiger partial charge in [0.2, 0.25) is 0 Å². The van der Waals surface area contributed by atoms with E-state index in [0.29, 0.717) is 12.0 Å². The summed E-state index contributed by atoms with van der Waals surface area (Å²) in [6.45, 7) is 8.14. The maximum absolute atomic E-state index is 6.16. The molecule has 0 radical (unpaired) electrons. The van der Waals surface area contributed by atoms with Crippen molar-refractivity contribution in [2.24, 2.45) is 0 Å². The molecule has 2 saturated heterocycles. The van der Waals surface area contributed by atoms with E-state index in [0.717, 1.165) is 58.2 Å². The van der Waals surface area contributed by atoms with Crippen LogP contribution in [0, 0.1) is 0 Å². The van der Waals surface area contributed by atoms with Crippen molar-refractivity contribution in [3.63, 3.8) is 0 Å². The van der Waals surface area contributed by atoms with E-state index in [-0.39, 0.29) is 0 Å². The zero-order valence-electron chi connectivity index (χ0n) is 16.5. The van der Waals surface area contributed by atoms with Gasteiger partial charge in [0.25, 0.3) is 0 Å². The lowest BCUT2D eigenvalue weighted by molar-refractivity contribution is 0.0358. The van der Waals surface area contributed by atoms with Crippen LogP contribution in [0.4, 0.5) is 0 Å². The summed E-state index contributed by atoms with van der Waals surface area (Å²) in [5, 5.41) is 4.53. The van der Waals surface area contributed by atoms with Gasteiger partial charge in [0.1, 0.15) is 5.75 Å². The van der Waals surface area contributed by atoms with Gasteiger partial charge in [-0.1, -0.05) is 6.07 Å². The lowest BCUT2D eigenvalue weighted by atomic mass is 9.82. The van der Waals surface area contributed by atoms with Crippen molar-refractivity contribution in [2.75, 3.05) is 52.5 Å². The monoisotopic (exact) mass is 398 g/mol. The molecule has 0 saturated carbocycles. The number of nitrogens with zero attached hydrogens (tertiary/aromatic N) is 2. The van der Waals surface area contributed by atoms with Crippen LogP contribution in [0.25, 0.3) is 0 Å². The maximum Gasteiger partial charge on any atom is 0.119 e. The summed E-state index contributed by atoms with van der Waals surface area (Å²) in [7, 11) is 0. The third-order valence-corrected chi connectivity index (χ3v) is 7.21. The fourth-order valence-electron chi connectivity index (χ4n) is 5.04. The molecule has 2 aromatic rings. The lowest BCUT2D eigenvalue weighted by Crippen LogP contribution is -2.37. The molecule has 4 nitrogen and oxygen atoms in total. The van der Waals surface area contributed by atoms with Gasteiger partial charge in [-0.25, -0.2) is 0 Å². The molecule has 4 heterocycles. The number of benzene rings is 1. The molecule has 0 N–H and O–H groups in total. The van der Waals surface area contributed by atoms with Crippen LogP contribution in [0.1, 0.15) is 47.9 Å². The number of rotatable bonds is 6. The molecule has 2 atom stereocenters. The number of hydrogen-bond donors (Lipinski definition) is 0. The molecule has 0 amide bonds. The van der Waals surface area contributed by atoms with Crippen LogP contribution in [0.5, 0.6) is 5.75 Å². The second-order valence-electron chi connectivity index (χ2n) is 8.21. The summed E-state index contributed by atoms with van der Waals surface area (Å²) in [5.41, 5.74) is 4.49. The molecule has 150 valence electrons. The Morgan fingerprint density at radius 3 is 2.89 bits per heavy atom. The fourth-order valence-corrected chi connectivity index (χ4v) is 5.75. The highest BCUT2D eigenvalue weighted by molar-refractivity contribution is 7.08. The third-order valence-electron chi connectivity index (χ3n) is 6.51. The minimum absolute atomic E-state index is 0.506. The first-order valence-corrected chi connectivity index (χ1v) is 11.7. The molecular formula is C23H30N2O2S. The summed E-state index contributed by atoms with van der Waals surface area (Å²) in [6, 6.07) is 9.75. The predicted octanol–water partition coefficient (Wildman–Crippen LogP) is 4.13. The number of hydrogen-bond acceptors (Lipinski definition) is 5. The van der Waals surface area contributed by atoms with Crippen LogP contribution in [0.2, 0.25) is 0 Å². The van der Waals surface area contributed by atoms with Gasteiger partial charge < -0.3 is 9.47 Å². The minimum Gasteiger partial charge on any atom is -0.494 e. The van der Waals surface area contributed by atoms with Gasteiger partial charge in [-0.3, -0.25) is 9.80 Å². The van der Waals surface area contributed by atoms with Crippen molar-refractivity contribution in [1.29, 1.82) is 0 Å². The van der Waals surface area contributed by atoms with Crippen molar-refractivity contribution in [2.45, 2.75) is 31.2 Å². The Balaban J connectivity index is 1.27. The first kappa shape index (κ1) is 18.6. The Labute approximate surface area is 172 Å². The Bertz CT molecular complexity index is 773. The molecule has 5 heteroatoms. The third kappa shape index (κ3) is 3.86. The van der Waals surface area contributed by atoms with Crippen LogP contribution in [-0.2, 0) is 4.74 Å². The Hall–Kier alpha value is -1.40. The molecule has 28 heavy (non-hydrogen) atoms. The van der Waals surface area contributed by atoms with Crippen molar-refractivity contribution < 1.29 is 9.47 Å². The standard InChI is InChI=1S/C23H30N2O2S/c1-3-23-21-15-19(27-11-2-7-24-9-12-26-13-10-24)4-5-20(21)22(16-25(23)8-1)18-6-14-28-17-18/h4-6,14-15,17,22-23H,1-3,7-13,16H2/t22-,23-/m0/s1. The number of ether oxygens (including phenoxy) is 2. The molecule has 0 aliphatic carbocycles. The van der Waals surface area contributed by atoms with E-state index in [1.807, 2.05) is 0 Å². The summed E-state index contributed by atoms with van der Waals surface area (Å²) in [6.07, 6.45) is 3.67. The van der Waals surface area contributed by atoms with Gasteiger partial charge in [-0.2, -0.15) is 11.3 Å². The van der Waals surface area contributed by atoms with Crippen LogP contribution in [0.15, 0.2) is 35.0 Å². The van der Waals surface area contributed by atoms with Gasteiger partial charge in [0.15, 0.2) is 0 Å². The van der Waals surface area contributed by atoms with Crippen LogP contribution in [0.3, 0.4) is 0 Å². The largest absolute Gasteiger partial charge is 0.494 e. The van der Waals surface area contributed by atoms with Crippen molar-refractivity contribution >= 4 is 11.3 Å². The summed E-state index contributed by atoms with van der Waals surface area (Å²) in [5.74, 6) is 1.55. The topological polar surface area (TPSA) is 24.9 Å². The average Bonchev–Trinajstić information content (AvgIpc) is 3.43. The molecule has 1 aromatic carbocycles. The van der Waals surface area contributed by atoms with Gasteiger partial charge in [-0.15, -0.1) is 0 Å². The lowest BCUT2D eigenvalue weighted by Gasteiger charge is -2.37. The molecule has 3 aliphatic rings. The number of morpholine rings is 1. The Morgan fingerprint density at radius 2 is 2.04 bits per heavy atom. The molecule has 3 aliphatic heterocycles. The van der Waals surface area contributed by atoms with Crippen molar-refractivity contribution in [3.05, 3.63) is 51.7 Å². The maximum atomic E-state index is 6.16. The van der Waals surface area contributed by atoms with E-state index in [2.05, 4.69) is 44.8 Å². The Kier molecular flexibility index (Phi) is 5.68. The smallest absolute Gasteiger partial charge is 0.119 e. The molecule has 0 spiro atoms. The fraction of sp³-hybridized carbons (Fsp3) is 0.565. The average molecular weight is 399 g/mol. The molecule has 0 bridgehead atoms. The normalized spacial score (nSPS) is 25.4. The number of fused-ring (bicyclic) bond motifs is 3. The Morgan fingerprint density at radius 1 is 1.11 bits per heavy atom. The SMILES string of the molecule is c1cc([C@@H]2CN3CCC[C@H]3c3cc(OCCCN4CCOCC4)ccc32)cs1. The summed E-state index contributed by atoms with van der Waals surface area (Å²) >= 11 is 1.81. The molecule has 0 unspecified atom stereocenters. The van der Waals surface area contributed by atoms with Gasteiger partial charge >= 0.3 is 0 Å². The van der Waals surface area contributed by atoms with Crippen molar-refractivity contribution in [1.82, 2.24) is 9.80 Å². The first-order chi connectivity index (χ1) is 13.9. The zero-order valence-corrected chi connectivity index (χ0v) is 17.3. The first-order valence-electron chi connectivity index (χ1n) is 10.7. The van der Waals surface area contributed by atoms with Gasteiger partial charge in [0.05, 0.1) is 19.8 Å². The minimum atomic E-state index is 0.506. The highest BCUT2D eigenvalue weighted by atomic mass is 32.1.